The maximum Gasteiger partial charge on any atom is 0.427 e. The van der Waals surface area contributed by atoms with Crippen molar-refractivity contribution >= 4 is 58.5 Å². The lowest BCUT2D eigenvalue weighted by molar-refractivity contribution is 0.121. The van der Waals surface area contributed by atoms with Crippen LogP contribution in [0.1, 0.15) is 31.5 Å². The third-order valence-electron chi connectivity index (χ3n) is 4.79. The molecule has 2 aromatic carbocycles. The van der Waals surface area contributed by atoms with Gasteiger partial charge in [-0.3, -0.25) is 9.62 Å². The minimum atomic E-state index is -3.77. The highest BCUT2D eigenvalue weighted by molar-refractivity contribution is 9.10. The zero-order valence-electron chi connectivity index (χ0n) is 16.1. The molecule has 1 aliphatic rings. The van der Waals surface area contributed by atoms with E-state index in [1.165, 1.54) is 15.6 Å². The van der Waals surface area contributed by atoms with E-state index in [9.17, 15) is 13.2 Å². The van der Waals surface area contributed by atoms with Gasteiger partial charge in [0.2, 0.25) is 0 Å². The van der Waals surface area contributed by atoms with Gasteiger partial charge in [0.05, 0.1) is 9.37 Å². The van der Waals surface area contributed by atoms with Crippen molar-refractivity contribution in [2.75, 3.05) is 10.8 Å². The maximum atomic E-state index is 13.6. The van der Waals surface area contributed by atoms with E-state index < -0.39 is 22.3 Å². The zero-order valence-corrected chi connectivity index (χ0v) is 19.3. The third-order valence-corrected chi connectivity index (χ3v) is 8.98. The number of halogens is 1. The number of hydrogen-bond acceptors (Lipinski definition) is 6. The van der Waals surface area contributed by atoms with E-state index >= 15 is 0 Å². The molecule has 0 saturated carbocycles. The minimum Gasteiger partial charge on any atom is -0.351 e. The Kier molecular flexibility index (Phi) is 6.01. The number of hydroxylamine groups is 1. The van der Waals surface area contributed by atoms with E-state index in [0.717, 1.165) is 27.4 Å². The molecule has 0 bridgehead atoms. The summed E-state index contributed by atoms with van der Waals surface area (Å²) in [4.78, 5) is 16.1. The largest absolute Gasteiger partial charge is 0.427 e. The fourth-order valence-corrected chi connectivity index (χ4v) is 7.09. The van der Waals surface area contributed by atoms with Gasteiger partial charge >= 0.3 is 6.09 Å². The topological polar surface area (TPSA) is 87.7 Å². The van der Waals surface area contributed by atoms with Gasteiger partial charge in [-0.15, -0.1) is 16.8 Å². The summed E-state index contributed by atoms with van der Waals surface area (Å²) in [7, 11) is -3.77. The van der Waals surface area contributed by atoms with Gasteiger partial charge in [0, 0.05) is 16.6 Å². The molecule has 30 heavy (non-hydrogen) atoms. The molecule has 0 spiro atoms. The minimum absolute atomic E-state index is 0.192. The molecular weight excluding hydrogens is 490 g/mol. The Morgan fingerprint density at radius 1 is 1.17 bits per heavy atom. The molecule has 1 unspecified atom stereocenters. The first-order chi connectivity index (χ1) is 14.4. The fraction of sp³-hybridized carbons (Fsp3) is 0.250. The lowest BCUT2D eigenvalue weighted by Crippen LogP contribution is -2.31. The van der Waals surface area contributed by atoms with Crippen LogP contribution >= 0.6 is 27.3 Å². The first kappa shape index (κ1) is 21.1. The number of sulfonamides is 1. The van der Waals surface area contributed by atoms with Crippen LogP contribution in [-0.4, -0.2) is 21.1 Å². The van der Waals surface area contributed by atoms with Crippen LogP contribution in [0.3, 0.4) is 0 Å². The quantitative estimate of drug-likeness (QED) is 0.472. The summed E-state index contributed by atoms with van der Waals surface area (Å²) in [5, 5.41) is 4.26. The molecule has 0 aliphatic carbocycles. The van der Waals surface area contributed by atoms with Crippen LogP contribution in [0.5, 0.6) is 0 Å². The highest BCUT2D eigenvalue weighted by Gasteiger charge is 2.29. The predicted molar refractivity (Wildman–Crippen MR) is 121 cm³/mol. The smallest absolute Gasteiger partial charge is 0.351 e. The molecule has 0 radical (unpaired) electrons. The third kappa shape index (κ3) is 3.92. The van der Waals surface area contributed by atoms with Gasteiger partial charge in [-0.25, -0.2) is 13.2 Å². The average Bonchev–Trinajstić information content (AvgIpc) is 3.32. The van der Waals surface area contributed by atoms with Crippen molar-refractivity contribution in [3.63, 3.8) is 0 Å². The number of thiophene rings is 1. The standard InChI is InChI=1S/C20H20BrN3O4S2/c1-2-3-12-24(19-17(21)15-6-4-5-7-16(15)29-19)30(26,27)14-10-8-13(9-11-14)18-22-20(25)28-23-18/h4-11,18,23H,2-3,12H2,1H3,(H,22,25). The number of amides is 1. The van der Waals surface area contributed by atoms with Crippen LogP contribution < -0.4 is 15.1 Å². The molecule has 1 saturated heterocycles. The van der Waals surface area contributed by atoms with Crippen LogP contribution in [0.25, 0.3) is 10.1 Å². The van der Waals surface area contributed by atoms with Crippen molar-refractivity contribution in [1.82, 2.24) is 10.8 Å². The van der Waals surface area contributed by atoms with Crippen molar-refractivity contribution in [2.45, 2.75) is 30.8 Å². The monoisotopic (exact) mass is 509 g/mol. The molecule has 1 atom stereocenters. The summed E-state index contributed by atoms with van der Waals surface area (Å²) in [5.74, 6) is 0. The molecule has 1 aromatic heterocycles. The number of benzene rings is 2. The SMILES string of the molecule is CCCCN(c1sc2ccccc2c1Br)S(=O)(=O)c1ccc(C2NOC(=O)N2)cc1. The number of hydrogen-bond donors (Lipinski definition) is 2. The first-order valence-corrected chi connectivity index (χ1v) is 12.5. The normalized spacial score (nSPS) is 16.5. The number of nitrogens with one attached hydrogen (secondary N) is 2. The second-order valence-electron chi connectivity index (χ2n) is 6.80. The van der Waals surface area contributed by atoms with Crippen molar-refractivity contribution < 1.29 is 18.0 Å². The summed E-state index contributed by atoms with van der Waals surface area (Å²) in [6.45, 7) is 2.42. The summed E-state index contributed by atoms with van der Waals surface area (Å²) >= 11 is 5.07. The molecule has 10 heteroatoms. The highest BCUT2D eigenvalue weighted by atomic mass is 79.9. The Labute approximate surface area is 187 Å². The molecule has 1 amide bonds. The van der Waals surface area contributed by atoms with E-state index in [1.54, 1.807) is 24.3 Å². The summed E-state index contributed by atoms with van der Waals surface area (Å²) in [5.41, 5.74) is 3.25. The van der Waals surface area contributed by atoms with Crippen LogP contribution in [0.2, 0.25) is 0 Å². The van der Waals surface area contributed by atoms with Gasteiger partial charge in [-0.05, 0) is 46.1 Å². The molecule has 2 N–H and O–H groups in total. The second kappa shape index (κ2) is 8.54. The molecule has 4 rings (SSSR count). The van der Waals surface area contributed by atoms with Crippen molar-refractivity contribution in [2.24, 2.45) is 0 Å². The molecule has 158 valence electrons. The van der Waals surface area contributed by atoms with Crippen LogP contribution in [0.4, 0.5) is 9.80 Å². The van der Waals surface area contributed by atoms with Gasteiger partial charge in [0.1, 0.15) is 11.2 Å². The molecular formula is C20H20BrN3O4S2. The van der Waals surface area contributed by atoms with E-state index in [0.29, 0.717) is 17.1 Å². The lowest BCUT2D eigenvalue weighted by Gasteiger charge is -2.23. The molecule has 3 aromatic rings. The Hall–Kier alpha value is -2.14. The van der Waals surface area contributed by atoms with Crippen LogP contribution in [0.15, 0.2) is 57.9 Å². The average molecular weight is 510 g/mol. The fourth-order valence-electron chi connectivity index (χ4n) is 3.19. The Balaban J connectivity index is 1.70. The molecule has 1 fully saturated rings. The lowest BCUT2D eigenvalue weighted by atomic mass is 10.2. The number of carbonyl (C=O) groups excluding carboxylic acids is 1. The number of anilines is 1. The van der Waals surface area contributed by atoms with Crippen molar-refractivity contribution in [3.05, 3.63) is 58.6 Å². The first-order valence-electron chi connectivity index (χ1n) is 9.44. The highest BCUT2D eigenvalue weighted by Crippen LogP contribution is 2.43. The zero-order chi connectivity index (χ0) is 21.3. The van der Waals surface area contributed by atoms with E-state index in [-0.39, 0.29) is 4.90 Å². The molecule has 2 heterocycles. The summed E-state index contributed by atoms with van der Waals surface area (Å²) in [6, 6.07) is 14.3. The number of unbranched alkanes of at least 4 members (excludes halogenated alkanes) is 1. The predicted octanol–water partition coefficient (Wildman–Crippen LogP) is 4.90. The maximum absolute atomic E-state index is 13.6. The van der Waals surface area contributed by atoms with E-state index in [1.807, 2.05) is 31.2 Å². The van der Waals surface area contributed by atoms with Gasteiger partial charge in [-0.1, -0.05) is 43.7 Å². The number of fused-ring (bicyclic) bond motifs is 1. The Morgan fingerprint density at radius 3 is 2.53 bits per heavy atom. The number of rotatable bonds is 7. The van der Waals surface area contributed by atoms with Gasteiger partial charge < -0.3 is 4.84 Å². The van der Waals surface area contributed by atoms with Crippen molar-refractivity contribution in [3.8, 4) is 0 Å². The Bertz CT molecular complexity index is 1180. The second-order valence-corrected chi connectivity index (χ2v) is 10.5. The van der Waals surface area contributed by atoms with Crippen molar-refractivity contribution in [1.29, 1.82) is 0 Å². The Morgan fingerprint density at radius 2 is 1.90 bits per heavy atom. The van der Waals surface area contributed by atoms with E-state index in [2.05, 4.69) is 31.6 Å². The molecule has 1 aliphatic heterocycles. The van der Waals surface area contributed by atoms with Gasteiger partial charge in [-0.2, -0.15) is 0 Å². The molecule has 7 nitrogen and oxygen atoms in total. The number of nitrogens with zero attached hydrogens (tertiary/aromatic N) is 1. The number of carbonyl (C=O) groups is 1. The van der Waals surface area contributed by atoms with E-state index in [4.69, 9.17) is 0 Å². The summed E-state index contributed by atoms with van der Waals surface area (Å²) in [6.07, 6.45) is 0.535. The van der Waals surface area contributed by atoms with Gasteiger partial charge in [0.15, 0.2) is 0 Å². The van der Waals surface area contributed by atoms with Crippen LogP contribution in [0, 0.1) is 0 Å². The van der Waals surface area contributed by atoms with Gasteiger partial charge in [0.25, 0.3) is 10.0 Å². The van der Waals surface area contributed by atoms with Crippen LogP contribution in [-0.2, 0) is 14.9 Å². The summed E-state index contributed by atoms with van der Waals surface area (Å²) < 4.78 is 30.4.